The van der Waals surface area contributed by atoms with Gasteiger partial charge in [-0.05, 0) is 36.8 Å². The van der Waals surface area contributed by atoms with Gasteiger partial charge in [0.25, 0.3) is 0 Å². The van der Waals surface area contributed by atoms with Crippen LogP contribution in [0.1, 0.15) is 12.5 Å². The highest BCUT2D eigenvalue weighted by atomic mass is 79.9. The van der Waals surface area contributed by atoms with Gasteiger partial charge >= 0.3 is 0 Å². The number of anilines is 1. The van der Waals surface area contributed by atoms with Crippen molar-refractivity contribution in [1.82, 2.24) is 0 Å². The van der Waals surface area contributed by atoms with Gasteiger partial charge in [0.1, 0.15) is 0 Å². The second kappa shape index (κ2) is 5.95. The van der Waals surface area contributed by atoms with E-state index in [1.165, 1.54) is 0 Å². The summed E-state index contributed by atoms with van der Waals surface area (Å²) >= 11 is 9.66. The Morgan fingerprint density at radius 1 is 1.21 bits per heavy atom. The van der Waals surface area contributed by atoms with E-state index in [0.29, 0.717) is 5.02 Å². The first-order valence-corrected chi connectivity index (χ1v) is 7.12. The third kappa shape index (κ3) is 3.30. The standard InChI is InChI=1S/C15H15BrClNO/c1-15(10-19,18-12-5-3-2-4-6-12)13-8-7-11(16)9-14(13)17/h2-9,18-19H,10H2,1H3. The van der Waals surface area contributed by atoms with Crippen LogP contribution in [0, 0.1) is 0 Å². The quantitative estimate of drug-likeness (QED) is 0.863. The molecule has 2 aromatic carbocycles. The fourth-order valence-electron chi connectivity index (χ4n) is 1.97. The molecule has 1 atom stereocenters. The topological polar surface area (TPSA) is 32.3 Å². The van der Waals surface area contributed by atoms with E-state index >= 15 is 0 Å². The molecule has 0 saturated heterocycles. The Labute approximate surface area is 126 Å². The Balaban J connectivity index is 2.36. The average molecular weight is 341 g/mol. The van der Waals surface area contributed by atoms with Gasteiger partial charge in [-0.1, -0.05) is 51.8 Å². The number of aliphatic hydroxyl groups is 1. The summed E-state index contributed by atoms with van der Waals surface area (Å²) in [5.41, 5.74) is 1.18. The Morgan fingerprint density at radius 3 is 2.47 bits per heavy atom. The van der Waals surface area contributed by atoms with Crippen LogP contribution in [0.5, 0.6) is 0 Å². The third-order valence-electron chi connectivity index (χ3n) is 3.04. The minimum absolute atomic E-state index is 0.0523. The lowest BCUT2D eigenvalue weighted by molar-refractivity contribution is 0.224. The van der Waals surface area contributed by atoms with Crippen molar-refractivity contribution in [1.29, 1.82) is 0 Å². The number of hydrogen-bond donors (Lipinski definition) is 2. The molecule has 0 aliphatic rings. The van der Waals surface area contributed by atoms with Crippen molar-refractivity contribution in [3.05, 3.63) is 63.6 Å². The van der Waals surface area contributed by atoms with Crippen LogP contribution in [0.15, 0.2) is 53.0 Å². The molecule has 1 unspecified atom stereocenters. The van der Waals surface area contributed by atoms with Gasteiger partial charge in [-0.3, -0.25) is 0 Å². The molecule has 4 heteroatoms. The van der Waals surface area contributed by atoms with Crippen LogP contribution in [-0.4, -0.2) is 11.7 Å². The van der Waals surface area contributed by atoms with Crippen molar-refractivity contribution in [2.75, 3.05) is 11.9 Å². The van der Waals surface area contributed by atoms with E-state index < -0.39 is 5.54 Å². The molecule has 2 nitrogen and oxygen atoms in total. The van der Waals surface area contributed by atoms with E-state index in [4.69, 9.17) is 11.6 Å². The predicted octanol–water partition coefficient (Wildman–Crippen LogP) is 4.42. The molecule has 0 saturated carbocycles. The molecule has 0 amide bonds. The Kier molecular flexibility index (Phi) is 4.50. The molecule has 0 aromatic heterocycles. The number of para-hydroxylation sites is 1. The highest BCUT2D eigenvalue weighted by Crippen LogP contribution is 2.32. The van der Waals surface area contributed by atoms with E-state index in [1.54, 1.807) is 0 Å². The largest absolute Gasteiger partial charge is 0.394 e. The van der Waals surface area contributed by atoms with Crippen LogP contribution in [0.4, 0.5) is 5.69 Å². The summed E-state index contributed by atoms with van der Waals surface area (Å²) in [7, 11) is 0. The van der Waals surface area contributed by atoms with Gasteiger partial charge in [0.2, 0.25) is 0 Å². The first kappa shape index (κ1) is 14.4. The molecular weight excluding hydrogens is 326 g/mol. The van der Waals surface area contributed by atoms with E-state index in [-0.39, 0.29) is 6.61 Å². The summed E-state index contributed by atoms with van der Waals surface area (Å²) in [5, 5.41) is 13.7. The highest BCUT2D eigenvalue weighted by Gasteiger charge is 2.28. The molecule has 0 fully saturated rings. The molecule has 2 rings (SSSR count). The first-order valence-electron chi connectivity index (χ1n) is 5.95. The summed E-state index contributed by atoms with van der Waals surface area (Å²) in [6, 6.07) is 15.4. The predicted molar refractivity (Wildman–Crippen MR) is 83.7 cm³/mol. The molecular formula is C15H15BrClNO. The summed E-state index contributed by atoms with van der Waals surface area (Å²) in [6.45, 7) is 1.87. The van der Waals surface area contributed by atoms with Crippen molar-refractivity contribution < 1.29 is 5.11 Å². The van der Waals surface area contributed by atoms with Crippen molar-refractivity contribution in [2.24, 2.45) is 0 Å². The number of nitrogens with one attached hydrogen (secondary N) is 1. The fraction of sp³-hybridized carbons (Fsp3) is 0.200. The smallest absolute Gasteiger partial charge is 0.0842 e. The second-order valence-electron chi connectivity index (χ2n) is 4.61. The molecule has 0 heterocycles. The third-order valence-corrected chi connectivity index (χ3v) is 3.84. The lowest BCUT2D eigenvalue weighted by Gasteiger charge is -2.31. The monoisotopic (exact) mass is 339 g/mol. The lowest BCUT2D eigenvalue weighted by Crippen LogP contribution is -2.36. The van der Waals surface area contributed by atoms with Gasteiger partial charge < -0.3 is 10.4 Å². The number of rotatable bonds is 4. The number of halogens is 2. The van der Waals surface area contributed by atoms with E-state index in [9.17, 15) is 5.11 Å². The summed E-state index contributed by atoms with van der Waals surface area (Å²) in [4.78, 5) is 0. The molecule has 0 aliphatic carbocycles. The highest BCUT2D eigenvalue weighted by molar-refractivity contribution is 9.10. The molecule has 2 N–H and O–H groups in total. The first-order chi connectivity index (χ1) is 9.05. The fourth-order valence-corrected chi connectivity index (χ4v) is 2.85. The summed E-state index contributed by atoms with van der Waals surface area (Å²) in [5.74, 6) is 0. The molecule has 100 valence electrons. The zero-order valence-corrected chi connectivity index (χ0v) is 12.9. The molecule has 2 aromatic rings. The maximum Gasteiger partial charge on any atom is 0.0842 e. The number of hydrogen-bond acceptors (Lipinski definition) is 2. The number of aliphatic hydroxyl groups excluding tert-OH is 1. The van der Waals surface area contributed by atoms with Gasteiger partial charge in [0, 0.05) is 15.2 Å². The lowest BCUT2D eigenvalue weighted by atomic mass is 9.92. The van der Waals surface area contributed by atoms with Gasteiger partial charge in [0.15, 0.2) is 0 Å². The maximum atomic E-state index is 9.76. The average Bonchev–Trinajstić information content (AvgIpc) is 2.39. The van der Waals surface area contributed by atoms with E-state index in [0.717, 1.165) is 15.7 Å². The summed E-state index contributed by atoms with van der Waals surface area (Å²) in [6.07, 6.45) is 0. The Bertz CT molecular complexity index is 561. The van der Waals surface area contributed by atoms with E-state index in [2.05, 4.69) is 21.2 Å². The molecule has 0 aliphatic heterocycles. The number of benzene rings is 2. The van der Waals surface area contributed by atoms with Crippen LogP contribution in [0.3, 0.4) is 0 Å². The summed E-state index contributed by atoms with van der Waals surface area (Å²) < 4.78 is 0.918. The van der Waals surface area contributed by atoms with E-state index in [1.807, 2.05) is 55.5 Å². The van der Waals surface area contributed by atoms with Crippen molar-refractivity contribution >= 4 is 33.2 Å². The maximum absolute atomic E-state index is 9.76. The zero-order valence-electron chi connectivity index (χ0n) is 10.5. The SMILES string of the molecule is CC(CO)(Nc1ccccc1)c1ccc(Br)cc1Cl. The van der Waals surface area contributed by atoms with Gasteiger partial charge in [-0.2, -0.15) is 0 Å². The van der Waals surface area contributed by atoms with Crippen LogP contribution in [0.25, 0.3) is 0 Å². The molecule has 0 spiro atoms. The van der Waals surface area contributed by atoms with Gasteiger partial charge in [-0.15, -0.1) is 0 Å². The van der Waals surface area contributed by atoms with Crippen LogP contribution < -0.4 is 5.32 Å². The Hall–Kier alpha value is -1.03. The van der Waals surface area contributed by atoms with Crippen LogP contribution in [0.2, 0.25) is 5.02 Å². The second-order valence-corrected chi connectivity index (χ2v) is 5.93. The molecule has 19 heavy (non-hydrogen) atoms. The van der Waals surface area contributed by atoms with Crippen LogP contribution >= 0.6 is 27.5 Å². The minimum atomic E-state index is -0.626. The zero-order chi connectivity index (χ0) is 13.9. The molecule has 0 bridgehead atoms. The Morgan fingerprint density at radius 2 is 1.89 bits per heavy atom. The van der Waals surface area contributed by atoms with Crippen molar-refractivity contribution in [2.45, 2.75) is 12.5 Å². The van der Waals surface area contributed by atoms with Crippen molar-refractivity contribution in [3.63, 3.8) is 0 Å². The van der Waals surface area contributed by atoms with Crippen molar-refractivity contribution in [3.8, 4) is 0 Å². The van der Waals surface area contributed by atoms with Crippen LogP contribution in [-0.2, 0) is 5.54 Å². The normalized spacial score (nSPS) is 13.9. The minimum Gasteiger partial charge on any atom is -0.394 e. The van der Waals surface area contributed by atoms with Gasteiger partial charge in [0.05, 0.1) is 12.1 Å². The van der Waals surface area contributed by atoms with Gasteiger partial charge in [-0.25, -0.2) is 0 Å². The molecule has 0 radical (unpaired) electrons.